The number of aromatic nitrogens is 1. The van der Waals surface area contributed by atoms with Crippen LogP contribution in [0.25, 0.3) is 11.3 Å². The Kier molecular flexibility index (Phi) is 5.74. The number of amides is 4. The van der Waals surface area contributed by atoms with Crippen LogP contribution >= 0.6 is 34.5 Å². The minimum absolute atomic E-state index is 0.280. The topological polar surface area (TPSA) is 82.6 Å². The third kappa shape index (κ3) is 3.68. The fraction of sp³-hybridized carbons (Fsp3) is 0.400. The lowest BCUT2D eigenvalue weighted by molar-refractivity contribution is -0.136. The highest BCUT2D eigenvalue weighted by Crippen LogP contribution is 2.39. The zero-order valence-corrected chi connectivity index (χ0v) is 18.6. The maximum absolute atomic E-state index is 13.0. The van der Waals surface area contributed by atoms with Crippen molar-refractivity contribution in [2.45, 2.75) is 37.6 Å². The highest BCUT2D eigenvalue weighted by atomic mass is 35.5. The van der Waals surface area contributed by atoms with Gasteiger partial charge in [0.05, 0.1) is 10.7 Å². The Bertz CT molecular complexity index is 1020. The van der Waals surface area contributed by atoms with Gasteiger partial charge >= 0.3 is 6.03 Å². The summed E-state index contributed by atoms with van der Waals surface area (Å²) in [6, 6.07) is 4.66. The number of halogens is 2. The first-order valence-corrected chi connectivity index (χ1v) is 11.3. The number of carbonyl (C=O) groups excluding carboxylic acids is 3. The van der Waals surface area contributed by atoms with Gasteiger partial charge in [-0.25, -0.2) is 9.78 Å². The van der Waals surface area contributed by atoms with E-state index in [4.69, 9.17) is 23.2 Å². The summed E-state index contributed by atoms with van der Waals surface area (Å²) in [6.07, 6.45) is 4.15. The maximum Gasteiger partial charge on any atom is 0.327 e. The molecule has 1 aliphatic carbocycles. The number of imide groups is 1. The number of anilines is 1. The van der Waals surface area contributed by atoms with Crippen molar-refractivity contribution in [1.82, 2.24) is 14.8 Å². The molecule has 0 radical (unpaired) electrons. The fourth-order valence-corrected chi connectivity index (χ4v) is 5.36. The number of thiazole rings is 1. The first-order chi connectivity index (χ1) is 14.3. The summed E-state index contributed by atoms with van der Waals surface area (Å²) in [5.41, 5.74) is 0.504. The van der Waals surface area contributed by atoms with Crippen LogP contribution in [0.3, 0.4) is 0 Å². The second-order valence-corrected chi connectivity index (χ2v) is 9.24. The van der Waals surface area contributed by atoms with E-state index >= 15 is 0 Å². The molecule has 10 heteroatoms. The van der Waals surface area contributed by atoms with Crippen LogP contribution in [0.2, 0.25) is 10.0 Å². The van der Waals surface area contributed by atoms with Gasteiger partial charge in [0.25, 0.3) is 5.91 Å². The third-order valence-corrected chi connectivity index (χ3v) is 7.05. The molecule has 30 heavy (non-hydrogen) atoms. The molecule has 7 nitrogen and oxygen atoms in total. The zero-order chi connectivity index (χ0) is 21.5. The summed E-state index contributed by atoms with van der Waals surface area (Å²) in [4.78, 5) is 45.1. The van der Waals surface area contributed by atoms with E-state index in [0.29, 0.717) is 39.3 Å². The molecule has 2 aromatic rings. The van der Waals surface area contributed by atoms with E-state index in [-0.39, 0.29) is 12.5 Å². The standard InChI is InChI=1S/C20H20Cl2N4O3S/c1-25-19(29)26(17(28)20(25)7-3-2-4-8-20)10-16(27)24-18-23-15(11-30-18)13-6-5-12(21)9-14(13)22/h5-6,9,11H,2-4,7-8,10H2,1H3,(H,23,24,27). The molecule has 0 bridgehead atoms. The van der Waals surface area contributed by atoms with Crippen molar-refractivity contribution < 1.29 is 14.4 Å². The van der Waals surface area contributed by atoms with Crippen molar-refractivity contribution in [3.63, 3.8) is 0 Å². The number of urea groups is 1. The Balaban J connectivity index is 1.45. The van der Waals surface area contributed by atoms with Crippen molar-refractivity contribution >= 4 is 57.5 Å². The second-order valence-electron chi connectivity index (χ2n) is 7.54. The molecular weight excluding hydrogens is 447 g/mol. The molecule has 2 aliphatic rings. The molecule has 158 valence electrons. The van der Waals surface area contributed by atoms with Crippen LogP contribution in [0, 0.1) is 0 Å². The second kappa shape index (κ2) is 8.17. The van der Waals surface area contributed by atoms with Gasteiger partial charge in [0, 0.05) is 23.0 Å². The van der Waals surface area contributed by atoms with Crippen LogP contribution < -0.4 is 5.32 Å². The van der Waals surface area contributed by atoms with E-state index in [9.17, 15) is 14.4 Å². The molecule has 4 rings (SSSR count). The lowest BCUT2D eigenvalue weighted by atomic mass is 9.81. The number of likely N-dealkylation sites (N-methyl/N-ethyl adjacent to an activating group) is 1. The average Bonchev–Trinajstić information content (AvgIpc) is 3.23. The Labute approximate surface area is 188 Å². The summed E-state index contributed by atoms with van der Waals surface area (Å²) in [5, 5.41) is 5.78. The monoisotopic (exact) mass is 466 g/mol. The predicted octanol–water partition coefficient (Wildman–Crippen LogP) is 4.65. The molecule has 0 atom stereocenters. The van der Waals surface area contributed by atoms with E-state index in [2.05, 4.69) is 10.3 Å². The lowest BCUT2D eigenvalue weighted by Crippen LogP contribution is -2.49. The summed E-state index contributed by atoms with van der Waals surface area (Å²) < 4.78 is 0. The molecule has 1 spiro atoms. The van der Waals surface area contributed by atoms with E-state index < -0.39 is 17.5 Å². The number of hydrogen-bond acceptors (Lipinski definition) is 5. The van der Waals surface area contributed by atoms with Crippen LogP contribution in [-0.4, -0.2) is 51.8 Å². The SMILES string of the molecule is CN1C(=O)N(CC(=O)Nc2nc(-c3ccc(Cl)cc3Cl)cs2)C(=O)C12CCCCC2. The van der Waals surface area contributed by atoms with Gasteiger partial charge in [-0.15, -0.1) is 11.3 Å². The Hall–Kier alpha value is -2.16. The molecule has 1 saturated carbocycles. The normalized spacial score (nSPS) is 18.4. The van der Waals surface area contributed by atoms with E-state index in [0.717, 1.165) is 24.2 Å². The van der Waals surface area contributed by atoms with Crippen molar-refractivity contribution in [2.75, 3.05) is 18.9 Å². The van der Waals surface area contributed by atoms with Gasteiger partial charge in [0.15, 0.2) is 5.13 Å². The van der Waals surface area contributed by atoms with Gasteiger partial charge in [-0.1, -0.05) is 42.5 Å². The summed E-state index contributed by atoms with van der Waals surface area (Å²) in [5.74, 6) is -0.751. The predicted molar refractivity (Wildman–Crippen MR) is 117 cm³/mol. The molecule has 2 fully saturated rings. The van der Waals surface area contributed by atoms with Gasteiger partial charge in [-0.3, -0.25) is 14.5 Å². The van der Waals surface area contributed by atoms with Crippen LogP contribution in [0.5, 0.6) is 0 Å². The van der Waals surface area contributed by atoms with Gasteiger partial charge in [-0.2, -0.15) is 0 Å². The average molecular weight is 467 g/mol. The number of carbonyl (C=O) groups is 3. The molecule has 1 saturated heterocycles. The van der Waals surface area contributed by atoms with Gasteiger partial charge in [0.2, 0.25) is 5.91 Å². The Morgan fingerprint density at radius 3 is 2.67 bits per heavy atom. The summed E-state index contributed by atoms with van der Waals surface area (Å²) >= 11 is 13.4. The first kappa shape index (κ1) is 21.1. The molecule has 1 N–H and O–H groups in total. The molecular formula is C20H20Cl2N4O3S. The molecule has 1 aromatic heterocycles. The Morgan fingerprint density at radius 1 is 1.23 bits per heavy atom. The molecule has 2 heterocycles. The molecule has 4 amide bonds. The molecule has 1 aliphatic heterocycles. The number of hydrogen-bond donors (Lipinski definition) is 1. The van der Waals surface area contributed by atoms with Crippen molar-refractivity contribution in [2.24, 2.45) is 0 Å². The third-order valence-electron chi connectivity index (χ3n) is 5.74. The summed E-state index contributed by atoms with van der Waals surface area (Å²) in [7, 11) is 1.65. The van der Waals surface area contributed by atoms with Crippen molar-refractivity contribution in [3.05, 3.63) is 33.6 Å². The largest absolute Gasteiger partial charge is 0.327 e. The fourth-order valence-electron chi connectivity index (χ4n) is 4.13. The zero-order valence-electron chi connectivity index (χ0n) is 16.3. The molecule has 1 aromatic carbocycles. The van der Waals surface area contributed by atoms with Crippen LogP contribution in [0.1, 0.15) is 32.1 Å². The lowest BCUT2D eigenvalue weighted by Gasteiger charge is -2.35. The maximum atomic E-state index is 13.0. The quantitative estimate of drug-likeness (QED) is 0.664. The number of benzene rings is 1. The minimum atomic E-state index is -0.796. The van der Waals surface area contributed by atoms with E-state index in [1.165, 1.54) is 16.2 Å². The highest BCUT2D eigenvalue weighted by molar-refractivity contribution is 7.14. The first-order valence-electron chi connectivity index (χ1n) is 9.62. The minimum Gasteiger partial charge on any atom is -0.313 e. The van der Waals surface area contributed by atoms with Gasteiger partial charge in [0.1, 0.15) is 12.1 Å². The Morgan fingerprint density at radius 2 is 1.97 bits per heavy atom. The number of nitrogens with one attached hydrogen (secondary N) is 1. The smallest absolute Gasteiger partial charge is 0.313 e. The van der Waals surface area contributed by atoms with Crippen LogP contribution in [-0.2, 0) is 9.59 Å². The van der Waals surface area contributed by atoms with Crippen LogP contribution in [0.15, 0.2) is 23.6 Å². The van der Waals surface area contributed by atoms with Gasteiger partial charge in [-0.05, 0) is 31.0 Å². The highest BCUT2D eigenvalue weighted by Gasteiger charge is 2.55. The molecule has 0 unspecified atom stereocenters. The van der Waals surface area contributed by atoms with E-state index in [1.54, 1.807) is 30.6 Å². The van der Waals surface area contributed by atoms with E-state index in [1.807, 2.05) is 0 Å². The van der Waals surface area contributed by atoms with Crippen LogP contribution in [0.4, 0.5) is 9.93 Å². The van der Waals surface area contributed by atoms with Crippen molar-refractivity contribution in [1.29, 1.82) is 0 Å². The number of nitrogens with zero attached hydrogens (tertiary/aromatic N) is 3. The number of rotatable bonds is 4. The van der Waals surface area contributed by atoms with Crippen molar-refractivity contribution in [3.8, 4) is 11.3 Å². The van der Waals surface area contributed by atoms with Gasteiger partial charge < -0.3 is 10.2 Å². The summed E-state index contributed by atoms with van der Waals surface area (Å²) in [6.45, 7) is -0.333.